The normalized spacial score (nSPS) is 18.8. The maximum Gasteiger partial charge on any atom is 0.224 e. The second-order valence-corrected chi connectivity index (χ2v) is 6.82. The summed E-state index contributed by atoms with van der Waals surface area (Å²) in [6.07, 6.45) is 4.08. The summed E-state index contributed by atoms with van der Waals surface area (Å²) in [6.45, 7) is 2.47. The van der Waals surface area contributed by atoms with Crippen LogP contribution in [0.1, 0.15) is 28.6 Å². The van der Waals surface area contributed by atoms with Gasteiger partial charge in [-0.1, -0.05) is 17.7 Å². The van der Waals surface area contributed by atoms with Gasteiger partial charge in [0.2, 0.25) is 5.91 Å². The van der Waals surface area contributed by atoms with Gasteiger partial charge in [-0.25, -0.2) is 0 Å². The van der Waals surface area contributed by atoms with Crippen LogP contribution in [0.2, 0.25) is 5.15 Å². The van der Waals surface area contributed by atoms with Crippen molar-refractivity contribution in [2.75, 3.05) is 5.75 Å². The molecule has 0 radical (unpaired) electrons. The molecule has 0 saturated carbocycles. The van der Waals surface area contributed by atoms with Crippen LogP contribution < -0.4 is 0 Å². The number of pyridine rings is 1. The number of carbonyl (C=O) groups is 1. The van der Waals surface area contributed by atoms with Gasteiger partial charge in [0, 0.05) is 43.7 Å². The van der Waals surface area contributed by atoms with E-state index >= 15 is 0 Å². The number of hydrogen-bond acceptors (Lipinski definition) is 4. The van der Waals surface area contributed by atoms with Crippen LogP contribution in [0, 0.1) is 6.92 Å². The lowest BCUT2D eigenvalue weighted by Gasteiger charge is -2.35. The Balaban J connectivity index is 1.95. The Morgan fingerprint density at radius 1 is 1.50 bits per heavy atom. The van der Waals surface area contributed by atoms with E-state index in [1.165, 1.54) is 0 Å². The molecule has 2 aromatic rings. The zero-order chi connectivity index (χ0) is 15.7. The molecule has 5 nitrogen and oxygen atoms in total. The van der Waals surface area contributed by atoms with E-state index in [0.29, 0.717) is 18.1 Å². The van der Waals surface area contributed by atoms with Crippen molar-refractivity contribution in [2.45, 2.75) is 25.3 Å². The van der Waals surface area contributed by atoms with Crippen molar-refractivity contribution < 1.29 is 4.79 Å². The van der Waals surface area contributed by atoms with E-state index in [-0.39, 0.29) is 11.3 Å². The first kappa shape index (κ1) is 15.4. The molecule has 1 atom stereocenters. The largest absolute Gasteiger partial charge is 0.322 e. The maximum atomic E-state index is 12.4. The minimum Gasteiger partial charge on any atom is -0.322 e. The summed E-state index contributed by atoms with van der Waals surface area (Å²) >= 11 is 8.14. The first-order valence-electron chi connectivity index (χ1n) is 7.07. The van der Waals surface area contributed by atoms with Crippen molar-refractivity contribution in [2.24, 2.45) is 7.05 Å². The van der Waals surface area contributed by atoms with Crippen molar-refractivity contribution >= 4 is 29.3 Å². The van der Waals surface area contributed by atoms with Crippen LogP contribution in [0.4, 0.5) is 0 Å². The Hall–Kier alpha value is -1.53. The summed E-state index contributed by atoms with van der Waals surface area (Å²) in [5.41, 5.74) is 2.82. The molecule has 1 unspecified atom stereocenters. The third kappa shape index (κ3) is 2.85. The van der Waals surface area contributed by atoms with Gasteiger partial charge < -0.3 is 4.90 Å². The molecule has 1 amide bonds. The smallest absolute Gasteiger partial charge is 0.224 e. The van der Waals surface area contributed by atoms with Crippen molar-refractivity contribution in [1.82, 2.24) is 19.7 Å². The maximum absolute atomic E-state index is 12.4. The van der Waals surface area contributed by atoms with Crippen LogP contribution in [0.5, 0.6) is 0 Å². The van der Waals surface area contributed by atoms with E-state index < -0.39 is 0 Å². The Morgan fingerprint density at radius 3 is 2.95 bits per heavy atom. The summed E-state index contributed by atoms with van der Waals surface area (Å²) in [5.74, 6) is 0.949. The fourth-order valence-corrected chi connectivity index (χ4v) is 4.33. The zero-order valence-electron chi connectivity index (χ0n) is 12.5. The molecule has 3 rings (SSSR count). The summed E-state index contributed by atoms with van der Waals surface area (Å²) in [6, 6.07) is 3.86. The number of amides is 1. The number of nitrogens with zero attached hydrogens (tertiary/aromatic N) is 4. The van der Waals surface area contributed by atoms with E-state index in [1.54, 1.807) is 28.8 Å². The molecule has 2 aromatic heterocycles. The highest BCUT2D eigenvalue weighted by Gasteiger charge is 2.34. The Kier molecular flexibility index (Phi) is 4.40. The van der Waals surface area contributed by atoms with Gasteiger partial charge in [-0.2, -0.15) is 5.10 Å². The van der Waals surface area contributed by atoms with Crippen LogP contribution in [0.3, 0.4) is 0 Å². The van der Waals surface area contributed by atoms with Crippen LogP contribution >= 0.6 is 23.4 Å². The number of halogens is 1. The highest BCUT2D eigenvalue weighted by molar-refractivity contribution is 7.99. The molecule has 0 N–H and O–H groups in total. The number of thioether (sulfide) groups is 1. The van der Waals surface area contributed by atoms with E-state index in [9.17, 15) is 4.79 Å². The highest BCUT2D eigenvalue weighted by atomic mass is 35.5. The fourth-order valence-electron chi connectivity index (χ4n) is 2.65. The van der Waals surface area contributed by atoms with E-state index in [4.69, 9.17) is 11.6 Å². The molecule has 116 valence electrons. The predicted octanol–water partition coefficient (Wildman–Crippen LogP) is 2.94. The molecule has 3 heterocycles. The van der Waals surface area contributed by atoms with Gasteiger partial charge in [0.15, 0.2) is 0 Å². The second kappa shape index (κ2) is 6.30. The number of hydrogen-bond donors (Lipinski definition) is 0. The molecular weight excluding hydrogens is 320 g/mol. The van der Waals surface area contributed by atoms with Gasteiger partial charge in [-0.15, -0.1) is 11.8 Å². The summed E-state index contributed by atoms with van der Waals surface area (Å²) in [7, 11) is 1.82. The van der Waals surface area contributed by atoms with Crippen molar-refractivity contribution in [3.05, 3.63) is 46.5 Å². The molecule has 7 heteroatoms. The van der Waals surface area contributed by atoms with Crippen molar-refractivity contribution in [3.8, 4) is 0 Å². The van der Waals surface area contributed by atoms with Gasteiger partial charge >= 0.3 is 0 Å². The summed E-state index contributed by atoms with van der Waals surface area (Å²) in [5, 5.41) is 4.88. The van der Waals surface area contributed by atoms with Crippen LogP contribution in [0.15, 0.2) is 24.5 Å². The Morgan fingerprint density at radius 2 is 2.32 bits per heavy atom. The molecule has 1 fully saturated rings. The molecule has 22 heavy (non-hydrogen) atoms. The lowest BCUT2D eigenvalue weighted by molar-refractivity contribution is -0.132. The third-order valence-corrected chi connectivity index (χ3v) is 5.41. The van der Waals surface area contributed by atoms with Crippen molar-refractivity contribution in [3.63, 3.8) is 0 Å². The van der Waals surface area contributed by atoms with Gasteiger partial charge in [-0.05, 0) is 18.6 Å². The number of carbonyl (C=O) groups excluding carboxylic acids is 1. The van der Waals surface area contributed by atoms with Crippen LogP contribution in [-0.2, 0) is 18.4 Å². The van der Waals surface area contributed by atoms with E-state index in [2.05, 4.69) is 10.1 Å². The molecule has 0 bridgehead atoms. The standard InChI is InChI=1S/C15H17ClN4OS/c1-10-13(14(16)19(2)18-10)15-20(12(21)5-7-22-15)9-11-4-3-6-17-8-11/h3-4,6,8,15H,5,7,9H2,1-2H3. The van der Waals surface area contributed by atoms with E-state index in [1.807, 2.05) is 31.0 Å². The monoisotopic (exact) mass is 336 g/mol. The number of aromatic nitrogens is 3. The first-order chi connectivity index (χ1) is 10.6. The molecule has 1 aliphatic rings. The predicted molar refractivity (Wildman–Crippen MR) is 87.6 cm³/mol. The van der Waals surface area contributed by atoms with E-state index in [0.717, 1.165) is 22.6 Å². The third-order valence-electron chi connectivity index (χ3n) is 3.71. The average molecular weight is 337 g/mol. The highest BCUT2D eigenvalue weighted by Crippen LogP contribution is 2.42. The number of aryl methyl sites for hydroxylation is 2. The molecule has 0 aliphatic carbocycles. The minimum atomic E-state index is -0.0948. The summed E-state index contributed by atoms with van der Waals surface area (Å²) in [4.78, 5) is 18.4. The van der Waals surface area contributed by atoms with Crippen molar-refractivity contribution in [1.29, 1.82) is 0 Å². The van der Waals surface area contributed by atoms with Crippen LogP contribution in [-0.4, -0.2) is 31.3 Å². The lowest BCUT2D eigenvalue weighted by Crippen LogP contribution is -2.37. The number of rotatable bonds is 3. The van der Waals surface area contributed by atoms with Gasteiger partial charge in [0.05, 0.1) is 5.69 Å². The first-order valence-corrected chi connectivity index (χ1v) is 8.49. The van der Waals surface area contributed by atoms with Gasteiger partial charge in [0.1, 0.15) is 10.5 Å². The SMILES string of the molecule is Cc1nn(C)c(Cl)c1C1SCCC(=O)N1Cc1cccnc1. The average Bonchev–Trinajstić information content (AvgIpc) is 2.76. The Bertz CT molecular complexity index is 688. The molecule has 0 aromatic carbocycles. The molecule has 1 saturated heterocycles. The molecule has 0 spiro atoms. The quantitative estimate of drug-likeness (QED) is 0.864. The molecular formula is C15H17ClN4OS. The molecule has 1 aliphatic heterocycles. The lowest BCUT2D eigenvalue weighted by atomic mass is 10.2. The van der Waals surface area contributed by atoms with Gasteiger partial charge in [0.25, 0.3) is 0 Å². The minimum absolute atomic E-state index is 0.0948. The van der Waals surface area contributed by atoms with Gasteiger partial charge in [-0.3, -0.25) is 14.5 Å². The summed E-state index contributed by atoms with van der Waals surface area (Å²) < 4.78 is 1.66. The fraction of sp³-hybridized carbons (Fsp3) is 0.400. The van der Waals surface area contributed by atoms with Crippen LogP contribution in [0.25, 0.3) is 0 Å². The topological polar surface area (TPSA) is 51.0 Å². The Labute approximate surface area is 138 Å². The zero-order valence-corrected chi connectivity index (χ0v) is 14.1. The second-order valence-electron chi connectivity index (χ2n) is 5.27.